The topological polar surface area (TPSA) is 89.0 Å². The van der Waals surface area contributed by atoms with Crippen LogP contribution in [-0.4, -0.2) is 84.1 Å². The standard InChI is InChI=1S/C28H34F3N7O2/c1-36-12-14-37(15-13-36)10-3-9-32-25-18-26(34-19-33-25)40-23-6-7-24-20(16-23)8-11-38(24)27(39)35-22-5-2-4-21(17-22)28(29,30)31/h2,4-7,16-19,27,35,39H,3,8-15H2,1H3,(H,32,33,34). The van der Waals surface area contributed by atoms with Gasteiger partial charge in [0.2, 0.25) is 12.2 Å². The Kier molecular flexibility index (Phi) is 8.57. The van der Waals surface area contributed by atoms with E-state index in [9.17, 15) is 18.3 Å². The molecular weight excluding hydrogens is 523 g/mol. The molecule has 0 amide bonds. The van der Waals surface area contributed by atoms with E-state index in [-0.39, 0.29) is 5.69 Å². The van der Waals surface area contributed by atoms with Crippen LogP contribution in [0, 0.1) is 0 Å². The van der Waals surface area contributed by atoms with Gasteiger partial charge >= 0.3 is 6.18 Å². The molecule has 40 heavy (non-hydrogen) atoms. The molecule has 3 heterocycles. The molecule has 1 fully saturated rings. The summed E-state index contributed by atoms with van der Waals surface area (Å²) >= 11 is 0. The van der Waals surface area contributed by atoms with Crippen LogP contribution < -0.4 is 20.3 Å². The van der Waals surface area contributed by atoms with Gasteiger partial charge in [-0.15, -0.1) is 0 Å². The molecule has 2 aromatic carbocycles. The number of halogens is 3. The van der Waals surface area contributed by atoms with Crippen molar-refractivity contribution in [1.29, 1.82) is 0 Å². The molecule has 0 spiro atoms. The number of piperazine rings is 1. The first-order chi connectivity index (χ1) is 19.2. The summed E-state index contributed by atoms with van der Waals surface area (Å²) in [6.07, 6.45) is -2.52. The van der Waals surface area contributed by atoms with E-state index >= 15 is 0 Å². The molecule has 12 heteroatoms. The Hall–Kier alpha value is -3.61. The molecule has 2 aliphatic rings. The lowest BCUT2D eigenvalue weighted by Crippen LogP contribution is -2.44. The summed E-state index contributed by atoms with van der Waals surface area (Å²) in [6.45, 7) is 6.77. The first kappa shape index (κ1) is 27.9. The molecule has 0 aliphatic carbocycles. The number of nitrogens with one attached hydrogen (secondary N) is 2. The lowest BCUT2D eigenvalue weighted by Gasteiger charge is -2.32. The van der Waals surface area contributed by atoms with Crippen molar-refractivity contribution in [3.63, 3.8) is 0 Å². The van der Waals surface area contributed by atoms with Gasteiger partial charge in [-0.3, -0.25) is 0 Å². The van der Waals surface area contributed by atoms with Crippen LogP contribution in [0.3, 0.4) is 0 Å². The number of hydrogen-bond donors (Lipinski definition) is 3. The predicted molar refractivity (Wildman–Crippen MR) is 148 cm³/mol. The number of rotatable bonds is 10. The van der Waals surface area contributed by atoms with Crippen LogP contribution >= 0.6 is 0 Å². The number of aliphatic hydroxyl groups excluding tert-OH is 1. The fourth-order valence-corrected chi connectivity index (χ4v) is 4.94. The third-order valence-corrected chi connectivity index (χ3v) is 7.18. The highest BCUT2D eigenvalue weighted by Gasteiger charge is 2.31. The van der Waals surface area contributed by atoms with E-state index in [0.29, 0.717) is 30.4 Å². The molecule has 3 N–H and O–H groups in total. The van der Waals surface area contributed by atoms with Crippen LogP contribution in [0.2, 0.25) is 0 Å². The van der Waals surface area contributed by atoms with Gasteiger partial charge in [0.25, 0.3) is 0 Å². The molecule has 1 unspecified atom stereocenters. The van der Waals surface area contributed by atoms with Crippen LogP contribution in [0.1, 0.15) is 17.5 Å². The van der Waals surface area contributed by atoms with E-state index in [1.165, 1.54) is 18.5 Å². The van der Waals surface area contributed by atoms with Crippen LogP contribution in [0.5, 0.6) is 11.6 Å². The van der Waals surface area contributed by atoms with Crippen molar-refractivity contribution in [3.05, 3.63) is 66.0 Å². The Balaban J connectivity index is 1.14. The summed E-state index contributed by atoms with van der Waals surface area (Å²) in [7, 11) is 2.15. The highest BCUT2D eigenvalue weighted by molar-refractivity contribution is 5.62. The van der Waals surface area contributed by atoms with Crippen molar-refractivity contribution in [2.24, 2.45) is 0 Å². The predicted octanol–water partition coefficient (Wildman–Crippen LogP) is 4.09. The molecule has 3 aromatic rings. The molecule has 1 aromatic heterocycles. The average Bonchev–Trinajstić information content (AvgIpc) is 3.36. The summed E-state index contributed by atoms with van der Waals surface area (Å²) in [5, 5.41) is 16.8. The largest absolute Gasteiger partial charge is 0.439 e. The SMILES string of the molecule is CN1CCN(CCCNc2cc(Oc3ccc4c(c3)CCN4C(O)Nc3cccc(C(F)(F)F)c3)ncn2)CC1. The number of anilines is 3. The van der Waals surface area contributed by atoms with Crippen LogP contribution in [-0.2, 0) is 12.6 Å². The minimum absolute atomic E-state index is 0.184. The van der Waals surface area contributed by atoms with Crippen molar-refractivity contribution >= 4 is 17.2 Å². The number of aromatic nitrogens is 2. The number of benzene rings is 2. The molecule has 214 valence electrons. The number of alkyl halides is 3. The average molecular weight is 558 g/mol. The van der Waals surface area contributed by atoms with Crippen molar-refractivity contribution < 1.29 is 23.0 Å². The van der Waals surface area contributed by atoms with E-state index in [0.717, 1.165) is 69.1 Å². The van der Waals surface area contributed by atoms with E-state index in [1.807, 2.05) is 12.1 Å². The summed E-state index contributed by atoms with van der Waals surface area (Å²) < 4.78 is 45.1. The van der Waals surface area contributed by atoms with E-state index < -0.39 is 18.1 Å². The third-order valence-electron chi connectivity index (χ3n) is 7.18. The minimum Gasteiger partial charge on any atom is -0.439 e. The van der Waals surface area contributed by atoms with Gasteiger partial charge in [0.05, 0.1) is 5.56 Å². The molecule has 0 bridgehead atoms. The second-order valence-electron chi connectivity index (χ2n) is 10.1. The molecule has 0 radical (unpaired) electrons. The van der Waals surface area contributed by atoms with Gasteiger partial charge in [-0.2, -0.15) is 13.2 Å². The monoisotopic (exact) mass is 557 g/mol. The maximum Gasteiger partial charge on any atom is 0.416 e. The van der Waals surface area contributed by atoms with E-state index in [2.05, 4.69) is 37.4 Å². The fourth-order valence-electron chi connectivity index (χ4n) is 4.94. The van der Waals surface area contributed by atoms with Crippen molar-refractivity contribution in [2.75, 3.05) is 68.4 Å². The minimum atomic E-state index is -4.45. The Bertz CT molecular complexity index is 1280. The Morgan fingerprint density at radius 2 is 1.85 bits per heavy atom. The number of hydrogen-bond acceptors (Lipinski definition) is 9. The van der Waals surface area contributed by atoms with Gasteiger partial charge in [0, 0.05) is 56.7 Å². The Morgan fingerprint density at radius 3 is 2.65 bits per heavy atom. The lowest BCUT2D eigenvalue weighted by molar-refractivity contribution is -0.137. The molecule has 1 atom stereocenters. The fraction of sp³-hybridized carbons (Fsp3) is 0.429. The van der Waals surface area contributed by atoms with Crippen LogP contribution in [0.4, 0.5) is 30.4 Å². The van der Waals surface area contributed by atoms with Gasteiger partial charge in [0.15, 0.2) is 0 Å². The Labute approximate surface area is 231 Å². The van der Waals surface area contributed by atoms with Gasteiger partial charge in [0.1, 0.15) is 17.9 Å². The zero-order valence-corrected chi connectivity index (χ0v) is 22.4. The van der Waals surface area contributed by atoms with Gasteiger partial charge in [-0.05, 0) is 68.4 Å². The molecule has 1 saturated heterocycles. The van der Waals surface area contributed by atoms with Gasteiger partial charge in [-0.1, -0.05) is 6.07 Å². The second kappa shape index (κ2) is 12.3. The molecule has 9 nitrogen and oxygen atoms in total. The normalized spacial score (nSPS) is 17.0. The maximum absolute atomic E-state index is 13.0. The zero-order valence-electron chi connectivity index (χ0n) is 22.4. The third kappa shape index (κ3) is 7.12. The summed E-state index contributed by atoms with van der Waals surface area (Å²) in [5.41, 5.74) is 1.15. The highest BCUT2D eigenvalue weighted by atomic mass is 19.4. The molecule has 5 rings (SSSR count). The van der Waals surface area contributed by atoms with Gasteiger partial charge in [-0.25, -0.2) is 9.97 Å². The van der Waals surface area contributed by atoms with Crippen LogP contribution in [0.25, 0.3) is 0 Å². The number of aliphatic hydroxyl groups is 1. The van der Waals surface area contributed by atoms with E-state index in [1.54, 1.807) is 17.0 Å². The van der Waals surface area contributed by atoms with Crippen molar-refractivity contribution in [3.8, 4) is 11.6 Å². The van der Waals surface area contributed by atoms with E-state index in [4.69, 9.17) is 4.74 Å². The summed E-state index contributed by atoms with van der Waals surface area (Å²) in [4.78, 5) is 15.0. The highest BCUT2D eigenvalue weighted by Crippen LogP contribution is 2.35. The maximum atomic E-state index is 13.0. The number of nitrogens with zero attached hydrogens (tertiary/aromatic N) is 5. The van der Waals surface area contributed by atoms with Gasteiger partial charge < -0.3 is 35.2 Å². The second-order valence-corrected chi connectivity index (χ2v) is 10.1. The van der Waals surface area contributed by atoms with Crippen molar-refractivity contribution in [1.82, 2.24) is 19.8 Å². The number of ether oxygens (including phenoxy) is 1. The molecular formula is C28H34F3N7O2. The number of fused-ring (bicyclic) bond motifs is 1. The smallest absolute Gasteiger partial charge is 0.416 e. The lowest BCUT2D eigenvalue weighted by atomic mass is 10.1. The number of likely N-dealkylation sites (N-methyl/N-ethyl adjacent to an activating group) is 1. The Morgan fingerprint density at radius 1 is 1.02 bits per heavy atom. The quantitative estimate of drug-likeness (QED) is 0.252. The molecule has 2 aliphatic heterocycles. The first-order valence-corrected chi connectivity index (χ1v) is 13.4. The summed E-state index contributed by atoms with van der Waals surface area (Å²) in [6, 6.07) is 12.0. The van der Waals surface area contributed by atoms with Crippen LogP contribution in [0.15, 0.2) is 54.9 Å². The first-order valence-electron chi connectivity index (χ1n) is 13.4. The van der Waals surface area contributed by atoms with Crippen molar-refractivity contribution in [2.45, 2.75) is 25.4 Å². The zero-order chi connectivity index (χ0) is 28.1. The molecule has 0 saturated carbocycles. The summed E-state index contributed by atoms with van der Waals surface area (Å²) in [5.74, 6) is 1.71.